The van der Waals surface area contributed by atoms with Crippen molar-refractivity contribution in [1.29, 1.82) is 5.26 Å². The summed E-state index contributed by atoms with van der Waals surface area (Å²) in [6.45, 7) is 10.8. The first-order chi connectivity index (χ1) is 57.3. The molecule has 12 atom stereocenters. The van der Waals surface area contributed by atoms with Gasteiger partial charge in [-0.15, -0.1) is 0 Å². The second-order valence-corrected chi connectivity index (χ2v) is 33.9. The van der Waals surface area contributed by atoms with Crippen LogP contribution in [0.1, 0.15) is 208 Å². The van der Waals surface area contributed by atoms with E-state index in [4.69, 9.17) is 0 Å². The van der Waals surface area contributed by atoms with E-state index in [1.165, 1.54) is 41.1 Å². The molecule has 4 aliphatic carbocycles. The molecule has 12 heterocycles. The predicted octanol–water partition coefficient (Wildman–Crippen LogP) is 12.2. The van der Waals surface area contributed by atoms with Crippen molar-refractivity contribution in [3.63, 3.8) is 0 Å². The highest BCUT2D eigenvalue weighted by atomic mass is 19.4. The average Bonchev–Trinajstić information content (AvgIpc) is 1.60. The molecule has 27 heteroatoms. The molecule has 9 aromatic rings. The molecular weight excluding hydrogens is 1520 g/mol. The topological polar surface area (TPSA) is 326 Å². The molecule has 6 aliphatic heterocycles. The zero-order chi connectivity index (χ0) is 83.2. The summed E-state index contributed by atoms with van der Waals surface area (Å²) in [6, 6.07) is 38.8. The van der Waals surface area contributed by atoms with Gasteiger partial charge in [-0.05, 0) is 144 Å². The number of carbonyl (C=O) groups excluding carboxylic acids is 9. The van der Waals surface area contributed by atoms with Crippen LogP contribution in [0.25, 0.3) is 0 Å². The van der Waals surface area contributed by atoms with E-state index < -0.39 is 51.6 Å². The van der Waals surface area contributed by atoms with Crippen molar-refractivity contribution in [1.82, 2.24) is 54.6 Å². The Morgan fingerprint density at radius 3 is 1.14 bits per heavy atom. The molecule has 6 amide bonds. The number of hydrogen-bond acceptors (Lipinski definition) is 18. The predicted molar refractivity (Wildman–Crippen MR) is 430 cm³/mol. The number of ketones is 3. The molecule has 3 N–H and O–H groups in total. The maximum Gasteiger partial charge on any atom is 0.396 e. The van der Waals surface area contributed by atoms with Crippen LogP contribution in [0.15, 0.2) is 165 Å². The number of carbonyl (C=O) groups is 9. The van der Waals surface area contributed by atoms with E-state index in [-0.39, 0.29) is 121 Å². The summed E-state index contributed by atoms with van der Waals surface area (Å²) in [5, 5.41) is 17.9. The smallest absolute Gasteiger partial charge is 0.339 e. The van der Waals surface area contributed by atoms with Gasteiger partial charge in [0.15, 0.2) is 17.3 Å². The second kappa shape index (κ2) is 30.8. The largest absolute Gasteiger partial charge is 0.396 e. The van der Waals surface area contributed by atoms with Gasteiger partial charge < -0.3 is 30.7 Å². The van der Waals surface area contributed by atoms with Gasteiger partial charge in [0.25, 0.3) is 0 Å². The molecule has 24 nitrogen and oxygen atoms in total. The first kappa shape index (κ1) is 79.0. The summed E-state index contributed by atoms with van der Waals surface area (Å²) in [7, 11) is 0. The van der Waals surface area contributed by atoms with Gasteiger partial charge in [0.1, 0.15) is 36.2 Å². The second-order valence-electron chi connectivity index (χ2n) is 33.9. The Morgan fingerprint density at radius 2 is 0.798 bits per heavy atom. The zero-order valence-corrected chi connectivity index (χ0v) is 66.5. The van der Waals surface area contributed by atoms with Gasteiger partial charge in [-0.3, -0.25) is 58.1 Å². The van der Waals surface area contributed by atoms with Crippen molar-refractivity contribution in [2.24, 2.45) is 23.2 Å². The number of rotatable bonds is 16. The van der Waals surface area contributed by atoms with E-state index in [1.807, 2.05) is 109 Å². The number of likely N-dealkylation sites (tertiary alicyclic amines) is 3. The van der Waals surface area contributed by atoms with Crippen LogP contribution in [0.2, 0.25) is 0 Å². The number of benzene rings is 3. The highest BCUT2D eigenvalue weighted by molar-refractivity contribution is 6.09. The number of anilines is 3. The van der Waals surface area contributed by atoms with E-state index in [0.29, 0.717) is 127 Å². The number of nitriles is 1. The van der Waals surface area contributed by atoms with Crippen molar-refractivity contribution < 1.29 is 56.3 Å². The molecular formula is C92H88F3N15O9. The van der Waals surface area contributed by atoms with Crippen molar-refractivity contribution in [3.05, 3.63) is 255 Å². The lowest BCUT2D eigenvalue weighted by Gasteiger charge is -2.44. The van der Waals surface area contributed by atoms with Crippen LogP contribution in [-0.2, 0) is 83.5 Å². The molecule has 3 saturated heterocycles. The van der Waals surface area contributed by atoms with E-state index in [1.54, 1.807) is 36.9 Å². The van der Waals surface area contributed by atoms with E-state index in [2.05, 4.69) is 100 Å². The Hall–Kier alpha value is -12.5. The van der Waals surface area contributed by atoms with Crippen molar-refractivity contribution >= 4 is 70.2 Å². The summed E-state index contributed by atoms with van der Waals surface area (Å²) in [6.07, 6.45) is 11.9. The lowest BCUT2D eigenvalue weighted by Crippen LogP contribution is -2.54. The van der Waals surface area contributed by atoms with Crippen LogP contribution in [0, 0.1) is 34.5 Å². The molecule has 606 valence electrons. The highest BCUT2D eigenvalue weighted by Gasteiger charge is 2.65. The number of halogens is 3. The molecule has 3 aromatic carbocycles. The monoisotopic (exact) mass is 1600 g/mol. The van der Waals surface area contributed by atoms with Gasteiger partial charge >= 0.3 is 6.18 Å². The average molecular weight is 1600 g/mol. The Kier molecular flexibility index (Phi) is 20.4. The number of hydrogen-bond donors (Lipinski definition) is 3. The number of Topliss-reactive ketones (excluding diaryl/α,β-unsaturated/α-hetero) is 3. The van der Waals surface area contributed by atoms with Crippen molar-refractivity contribution in [2.45, 2.75) is 183 Å². The molecule has 10 aliphatic rings. The summed E-state index contributed by atoms with van der Waals surface area (Å²) in [5.41, 5.74) is 7.51. The van der Waals surface area contributed by atoms with Crippen LogP contribution in [0.4, 0.5) is 30.6 Å². The molecule has 119 heavy (non-hydrogen) atoms. The minimum atomic E-state index is -4.39. The third kappa shape index (κ3) is 14.0. The Balaban J connectivity index is 0.000000128. The number of alkyl halides is 3. The minimum absolute atomic E-state index is 0.00348. The van der Waals surface area contributed by atoms with Crippen LogP contribution in [0.5, 0.6) is 0 Å². The standard InChI is InChI=1S/C32H30F3N5O3.C31H29N5O3.C29H29N5O3/c1-18-23(19-5-3-2-4-6-19)10-20(28(42)40(18)16-30(7-8-30)32(33,34)35)11-26(41)22-9-21-12-31(13-25(21)37-14-22)24-15-36-17-38-27(24)39-29(31)43;1-3-36-18(2)24(20-7-5-4-6-8-20)11-21(29(36)38)12-27(37)23-10-22-13-31(14-26(22)33-17-23)25-9-19(15-32)16-34-28(25)35-30(31)39;1-3-34-17(2)22(18-7-5-4-6-8-18)10-19(27(34)36)11-25(35)21-9-20-12-29(13-24(20)31-14-21)23-15-30-16-32-26(23)33-28(29)37/h2-6,9,14-15,17-18,20,23H,7-8,10-13,16H2,1H3,(H,36,38,39,43);4-10,16-18,21,24H,3,11-14H2,1-2H3,(H,34,35,39);4-9,14-17,19,22H,3,10-13H2,1-2H3,(H,30,32,33,37)/t18-,20-,23-,31+;18-,21-,24-,31+;17-,19-,22-,29+/m111/s1. The SMILES string of the molecule is CCN1C(=O)[C@@H](CC(=O)c2cnc3c(c2)C[C@@]2(C3)C(=O)Nc3ncc(C#N)cc32)C[C@@H](c2ccccc2)[C@H]1C.CCN1C(=O)[C@@H](CC(=O)c2cnc3c(c2)C[C@@]2(C3)C(=O)Nc3ncncc32)C[C@@H](c2ccccc2)[C@H]1C.C[C@@H]1[C@H](c2ccccc2)C[C@H](CC(=O)c2cnc3c(c2)C[C@@]2(C3)C(=O)Nc3ncncc32)C(=O)N1CC1(C(F)(F)F)CC1. The third-order valence-electron chi connectivity index (χ3n) is 27.3. The summed E-state index contributed by atoms with van der Waals surface area (Å²) in [4.78, 5) is 160. The number of pyridine rings is 4. The fourth-order valence-corrected chi connectivity index (χ4v) is 20.5. The van der Waals surface area contributed by atoms with Crippen LogP contribution >= 0.6 is 0 Å². The molecule has 0 radical (unpaired) electrons. The Labute approximate surface area is 685 Å². The lowest BCUT2D eigenvalue weighted by molar-refractivity contribution is -0.196. The number of likely N-dealkylation sites (N-methyl/N-ethyl adjacent to an activating group) is 2. The summed E-state index contributed by atoms with van der Waals surface area (Å²) < 4.78 is 41.8. The maximum atomic E-state index is 13.9. The third-order valence-corrected chi connectivity index (χ3v) is 27.3. The number of nitrogens with zero attached hydrogens (tertiary/aromatic N) is 12. The number of aromatic nitrogens is 8. The van der Waals surface area contributed by atoms with E-state index in [0.717, 1.165) is 39.2 Å². The molecule has 3 spiro atoms. The Bertz CT molecular complexity index is 5690. The molecule has 0 unspecified atom stereocenters. The normalized spacial score (nSPS) is 26.2. The number of fused-ring (bicyclic) bond motifs is 9. The Morgan fingerprint density at radius 1 is 0.454 bits per heavy atom. The molecule has 4 fully saturated rings. The van der Waals surface area contributed by atoms with Crippen molar-refractivity contribution in [2.75, 3.05) is 35.6 Å². The van der Waals surface area contributed by atoms with Gasteiger partial charge in [0.05, 0.1) is 27.2 Å². The summed E-state index contributed by atoms with van der Waals surface area (Å²) in [5.74, 6) is -1.22. The van der Waals surface area contributed by atoms with Gasteiger partial charge in [-0.2, -0.15) is 18.4 Å². The quantitative estimate of drug-likeness (QED) is 0.0757. The summed E-state index contributed by atoms with van der Waals surface area (Å²) >= 11 is 0. The maximum absolute atomic E-state index is 13.9. The van der Waals surface area contributed by atoms with Gasteiger partial charge in [0, 0.05) is 199 Å². The molecule has 6 aromatic heterocycles. The zero-order valence-electron chi connectivity index (χ0n) is 66.5. The molecule has 1 saturated carbocycles. The van der Waals surface area contributed by atoms with E-state index in [9.17, 15) is 61.6 Å². The number of piperidine rings is 3. The van der Waals surface area contributed by atoms with Gasteiger partial charge in [-0.1, -0.05) is 91.0 Å². The van der Waals surface area contributed by atoms with Crippen molar-refractivity contribution in [3.8, 4) is 6.07 Å². The van der Waals surface area contributed by atoms with Gasteiger partial charge in [-0.25, -0.2) is 24.9 Å². The lowest BCUT2D eigenvalue weighted by atomic mass is 9.76. The van der Waals surface area contributed by atoms with Gasteiger partial charge in [0.2, 0.25) is 35.4 Å². The minimum Gasteiger partial charge on any atom is -0.339 e. The van der Waals surface area contributed by atoms with E-state index >= 15 is 0 Å². The number of nitrogens with one attached hydrogen (secondary N) is 3. The van der Waals surface area contributed by atoms with Crippen LogP contribution in [0.3, 0.4) is 0 Å². The fraction of sp³-hybridized carbons (Fsp3) is 0.391. The molecule has 0 bridgehead atoms. The first-order valence-electron chi connectivity index (χ1n) is 40.9. The molecule has 19 rings (SSSR count). The fourth-order valence-electron chi connectivity index (χ4n) is 20.5. The van der Waals surface area contributed by atoms with Crippen LogP contribution < -0.4 is 16.0 Å². The van der Waals surface area contributed by atoms with Crippen LogP contribution in [-0.4, -0.2) is 151 Å². The number of amides is 6. The highest BCUT2D eigenvalue weighted by Crippen LogP contribution is 2.59. The first-order valence-corrected chi connectivity index (χ1v) is 40.9.